The van der Waals surface area contributed by atoms with Crippen LogP contribution in [0.1, 0.15) is 17.5 Å². The van der Waals surface area contributed by atoms with Crippen molar-refractivity contribution in [3.63, 3.8) is 0 Å². The molecule has 0 fully saturated rings. The van der Waals surface area contributed by atoms with Gasteiger partial charge in [-0.2, -0.15) is 4.98 Å². The molecule has 1 amide bonds. The zero-order valence-corrected chi connectivity index (χ0v) is 15.3. The fourth-order valence-electron chi connectivity index (χ4n) is 2.77. The third-order valence-electron chi connectivity index (χ3n) is 4.07. The number of benzene rings is 1. The molecule has 0 aliphatic heterocycles. The van der Waals surface area contributed by atoms with Gasteiger partial charge >= 0.3 is 0 Å². The summed E-state index contributed by atoms with van der Waals surface area (Å²) in [5, 5.41) is 3.94. The zero-order valence-electron chi connectivity index (χ0n) is 15.3. The van der Waals surface area contributed by atoms with Crippen LogP contribution in [-0.2, 0) is 11.3 Å². The third-order valence-corrected chi connectivity index (χ3v) is 4.07. The fraction of sp³-hybridized carbons (Fsp3) is 0.263. The molecule has 140 valence electrons. The Bertz CT molecular complexity index is 913. The van der Waals surface area contributed by atoms with Crippen molar-refractivity contribution in [3.8, 4) is 11.4 Å². The molecule has 0 aliphatic carbocycles. The van der Waals surface area contributed by atoms with Crippen LogP contribution in [0.5, 0.6) is 0 Å². The van der Waals surface area contributed by atoms with E-state index in [0.717, 1.165) is 5.56 Å². The number of halogens is 1. The van der Waals surface area contributed by atoms with E-state index in [1.54, 1.807) is 62.7 Å². The van der Waals surface area contributed by atoms with E-state index in [2.05, 4.69) is 15.1 Å². The minimum absolute atomic E-state index is 0.149. The van der Waals surface area contributed by atoms with Gasteiger partial charge in [0.05, 0.1) is 6.54 Å². The number of likely N-dealkylation sites (N-methyl/N-ethyl adjacent to an activating group) is 2. The predicted molar refractivity (Wildman–Crippen MR) is 96.8 cm³/mol. The summed E-state index contributed by atoms with van der Waals surface area (Å²) < 4.78 is 18.8. The molecule has 2 aromatic heterocycles. The van der Waals surface area contributed by atoms with Crippen LogP contribution >= 0.6 is 0 Å². The molecule has 1 aromatic carbocycles. The van der Waals surface area contributed by atoms with Gasteiger partial charge in [0.1, 0.15) is 11.9 Å². The van der Waals surface area contributed by atoms with Crippen molar-refractivity contribution in [2.45, 2.75) is 12.6 Å². The normalized spacial score (nSPS) is 12.2. The minimum Gasteiger partial charge on any atom is -0.337 e. The average Bonchev–Trinajstić information content (AvgIpc) is 3.11. The highest BCUT2D eigenvalue weighted by molar-refractivity contribution is 5.83. The first-order valence-electron chi connectivity index (χ1n) is 8.35. The molecule has 0 bridgehead atoms. The molecule has 27 heavy (non-hydrogen) atoms. The van der Waals surface area contributed by atoms with E-state index in [1.165, 1.54) is 17.0 Å². The van der Waals surface area contributed by atoms with E-state index in [4.69, 9.17) is 4.52 Å². The Labute approximate surface area is 156 Å². The van der Waals surface area contributed by atoms with Gasteiger partial charge in [0.15, 0.2) is 0 Å². The first kappa shape index (κ1) is 18.7. The van der Waals surface area contributed by atoms with E-state index in [0.29, 0.717) is 17.3 Å². The molecular formula is C19H20FN5O2. The van der Waals surface area contributed by atoms with Gasteiger partial charge in [0, 0.05) is 25.0 Å². The van der Waals surface area contributed by atoms with Crippen molar-refractivity contribution < 1.29 is 13.7 Å². The van der Waals surface area contributed by atoms with E-state index in [9.17, 15) is 9.18 Å². The second-order valence-electron chi connectivity index (χ2n) is 6.36. The van der Waals surface area contributed by atoms with Crippen LogP contribution < -0.4 is 0 Å². The van der Waals surface area contributed by atoms with Gasteiger partial charge < -0.3 is 9.42 Å². The topological polar surface area (TPSA) is 75.4 Å². The summed E-state index contributed by atoms with van der Waals surface area (Å²) in [5.41, 5.74) is 1.36. The third kappa shape index (κ3) is 4.35. The van der Waals surface area contributed by atoms with Gasteiger partial charge in [-0.3, -0.25) is 14.7 Å². The van der Waals surface area contributed by atoms with Gasteiger partial charge in [-0.25, -0.2) is 4.39 Å². The van der Waals surface area contributed by atoms with Crippen molar-refractivity contribution in [1.29, 1.82) is 0 Å². The number of hydrogen-bond donors (Lipinski definition) is 0. The van der Waals surface area contributed by atoms with Crippen molar-refractivity contribution >= 4 is 5.91 Å². The van der Waals surface area contributed by atoms with Crippen molar-refractivity contribution in [1.82, 2.24) is 24.9 Å². The van der Waals surface area contributed by atoms with Gasteiger partial charge in [0.2, 0.25) is 17.6 Å². The molecule has 8 heteroatoms. The van der Waals surface area contributed by atoms with Gasteiger partial charge in [-0.1, -0.05) is 17.3 Å². The maximum atomic E-state index is 13.6. The molecule has 7 nitrogen and oxygen atoms in total. The molecule has 0 saturated carbocycles. The monoisotopic (exact) mass is 369 g/mol. The largest absolute Gasteiger partial charge is 0.337 e. The van der Waals surface area contributed by atoms with Crippen LogP contribution in [-0.4, -0.2) is 52.0 Å². The lowest BCUT2D eigenvalue weighted by Gasteiger charge is -2.28. The Morgan fingerprint density at radius 3 is 2.59 bits per heavy atom. The van der Waals surface area contributed by atoms with Crippen molar-refractivity contribution in [2.24, 2.45) is 0 Å². The highest BCUT2D eigenvalue weighted by atomic mass is 19.1. The number of rotatable bonds is 6. The molecule has 1 atom stereocenters. The maximum absolute atomic E-state index is 13.6. The maximum Gasteiger partial charge on any atom is 0.246 e. The van der Waals surface area contributed by atoms with E-state index < -0.39 is 6.04 Å². The van der Waals surface area contributed by atoms with Gasteiger partial charge in [-0.05, 0) is 43.9 Å². The molecule has 0 radical (unpaired) electrons. The van der Waals surface area contributed by atoms with Crippen LogP contribution in [0.3, 0.4) is 0 Å². The lowest BCUT2D eigenvalue weighted by atomic mass is 10.0. The summed E-state index contributed by atoms with van der Waals surface area (Å²) in [6.07, 6.45) is 3.28. The lowest BCUT2D eigenvalue weighted by Crippen LogP contribution is -2.38. The fourth-order valence-corrected chi connectivity index (χ4v) is 2.77. The second-order valence-corrected chi connectivity index (χ2v) is 6.36. The molecule has 1 unspecified atom stereocenters. The number of carbonyl (C=O) groups is 1. The van der Waals surface area contributed by atoms with E-state index in [1.807, 2.05) is 0 Å². The zero-order chi connectivity index (χ0) is 19.4. The standard InChI is InChI=1S/C19H20FN5O2/c1-24(2)17(14-5-4-6-15(20)11-14)19(26)25(3)12-16-22-18(23-27-16)13-7-9-21-10-8-13/h4-11,17H,12H2,1-3H3. The Kier molecular flexibility index (Phi) is 5.56. The summed E-state index contributed by atoms with van der Waals surface area (Å²) in [7, 11) is 5.19. The Morgan fingerprint density at radius 1 is 1.19 bits per heavy atom. The highest BCUT2D eigenvalue weighted by Crippen LogP contribution is 2.22. The van der Waals surface area contributed by atoms with Crippen LogP contribution in [0, 0.1) is 5.82 Å². The molecule has 0 N–H and O–H groups in total. The highest BCUT2D eigenvalue weighted by Gasteiger charge is 2.27. The number of pyridine rings is 1. The number of aromatic nitrogens is 3. The van der Waals surface area contributed by atoms with E-state index in [-0.39, 0.29) is 18.3 Å². The summed E-state index contributed by atoms with van der Waals surface area (Å²) >= 11 is 0. The summed E-state index contributed by atoms with van der Waals surface area (Å²) in [5.74, 6) is 0.167. The number of hydrogen-bond acceptors (Lipinski definition) is 6. The Balaban J connectivity index is 1.75. The molecule has 0 aliphatic rings. The Hall–Kier alpha value is -3.13. The number of amides is 1. The van der Waals surface area contributed by atoms with Crippen LogP contribution in [0.15, 0.2) is 53.3 Å². The smallest absolute Gasteiger partial charge is 0.246 e. The van der Waals surface area contributed by atoms with Crippen LogP contribution in [0.25, 0.3) is 11.4 Å². The van der Waals surface area contributed by atoms with Crippen LogP contribution in [0.2, 0.25) is 0 Å². The lowest BCUT2D eigenvalue weighted by molar-refractivity contribution is -0.135. The van der Waals surface area contributed by atoms with Gasteiger partial charge in [-0.15, -0.1) is 0 Å². The first-order valence-corrected chi connectivity index (χ1v) is 8.35. The molecule has 0 spiro atoms. The molecular weight excluding hydrogens is 349 g/mol. The minimum atomic E-state index is -0.617. The molecule has 2 heterocycles. The Morgan fingerprint density at radius 2 is 1.93 bits per heavy atom. The SMILES string of the molecule is CN(Cc1nc(-c2ccncc2)no1)C(=O)C(c1cccc(F)c1)N(C)C. The summed E-state index contributed by atoms with van der Waals surface area (Å²) in [6, 6.07) is 8.97. The quantitative estimate of drug-likeness (QED) is 0.665. The van der Waals surface area contributed by atoms with Gasteiger partial charge in [0.25, 0.3) is 0 Å². The molecule has 3 rings (SSSR count). The van der Waals surface area contributed by atoms with E-state index >= 15 is 0 Å². The summed E-state index contributed by atoms with van der Waals surface area (Å²) in [6.45, 7) is 0.149. The van der Waals surface area contributed by atoms with Crippen molar-refractivity contribution in [2.75, 3.05) is 21.1 Å². The number of nitrogens with zero attached hydrogens (tertiary/aromatic N) is 5. The summed E-state index contributed by atoms with van der Waals surface area (Å²) in [4.78, 5) is 24.4. The molecule has 3 aromatic rings. The second kappa shape index (κ2) is 8.05. The van der Waals surface area contributed by atoms with Crippen molar-refractivity contribution in [3.05, 3.63) is 66.1 Å². The predicted octanol–water partition coefficient (Wildman–Crippen LogP) is 2.53. The molecule has 0 saturated heterocycles. The number of carbonyl (C=O) groups excluding carboxylic acids is 1. The van der Waals surface area contributed by atoms with Crippen LogP contribution in [0.4, 0.5) is 4.39 Å². The average molecular weight is 369 g/mol. The first-order chi connectivity index (χ1) is 13.0.